The number of guanidine groups is 1. The first kappa shape index (κ1) is 18.5. The second kappa shape index (κ2) is 11.1. The van der Waals surface area contributed by atoms with E-state index in [-0.39, 0.29) is 5.91 Å². The number of unbranched alkanes of at least 4 members (excludes halogenated alkanes) is 1. The van der Waals surface area contributed by atoms with Gasteiger partial charge in [-0.1, -0.05) is 35.3 Å². The number of hydrogen-bond acceptors (Lipinski definition) is 2. The predicted molar refractivity (Wildman–Crippen MR) is 95.4 cm³/mol. The van der Waals surface area contributed by atoms with E-state index in [0.717, 1.165) is 36.4 Å². The number of hydrogen-bond donors (Lipinski definition) is 3. The van der Waals surface area contributed by atoms with Crippen molar-refractivity contribution in [3.8, 4) is 0 Å². The van der Waals surface area contributed by atoms with Gasteiger partial charge in [0.1, 0.15) is 0 Å². The van der Waals surface area contributed by atoms with Crippen LogP contribution in [0, 0.1) is 0 Å². The summed E-state index contributed by atoms with van der Waals surface area (Å²) in [5.74, 6) is 0.726. The van der Waals surface area contributed by atoms with E-state index < -0.39 is 0 Å². The normalized spacial score (nSPS) is 11.1. The zero-order valence-electron chi connectivity index (χ0n) is 13.3. The number of nitrogens with zero attached hydrogens (tertiary/aromatic N) is 1. The van der Waals surface area contributed by atoms with Gasteiger partial charge in [0, 0.05) is 36.2 Å². The molecule has 6 heteroatoms. The lowest BCUT2D eigenvalue weighted by Crippen LogP contribution is -2.41. The van der Waals surface area contributed by atoms with E-state index >= 15 is 0 Å². The Hall–Kier alpha value is -1.56. The number of carbonyl (C=O) groups excluding carboxylic acids is 1. The molecule has 1 rings (SSSR count). The molecule has 0 saturated heterocycles. The summed E-state index contributed by atoms with van der Waals surface area (Å²) < 4.78 is 0.899. The number of aliphatic imine (C=N–C) groups is 1. The summed E-state index contributed by atoms with van der Waals surface area (Å²) in [6, 6.07) is 7.34. The van der Waals surface area contributed by atoms with Crippen LogP contribution in [-0.2, 0) is 0 Å². The summed E-state index contributed by atoms with van der Waals surface area (Å²) >= 11 is 3.36. The Balaban J connectivity index is 2.33. The molecule has 1 aromatic rings. The first-order valence-corrected chi connectivity index (χ1v) is 8.52. The molecule has 0 unspecified atom stereocenters. The number of benzene rings is 1. The van der Waals surface area contributed by atoms with Gasteiger partial charge >= 0.3 is 0 Å². The van der Waals surface area contributed by atoms with E-state index in [4.69, 9.17) is 0 Å². The molecule has 5 nitrogen and oxygen atoms in total. The lowest BCUT2D eigenvalue weighted by Gasteiger charge is -2.12. The van der Waals surface area contributed by atoms with E-state index in [2.05, 4.69) is 43.8 Å². The maximum absolute atomic E-state index is 12.0. The minimum Gasteiger partial charge on any atom is -0.357 e. The molecule has 0 aliphatic heterocycles. The van der Waals surface area contributed by atoms with E-state index in [1.165, 1.54) is 0 Å². The van der Waals surface area contributed by atoms with Gasteiger partial charge in [0.25, 0.3) is 5.91 Å². The van der Waals surface area contributed by atoms with Crippen LogP contribution in [0.15, 0.2) is 33.7 Å². The summed E-state index contributed by atoms with van der Waals surface area (Å²) in [5, 5.41) is 9.29. The molecule has 0 aromatic heterocycles. The van der Waals surface area contributed by atoms with E-state index in [1.54, 1.807) is 12.1 Å². The molecule has 122 valence electrons. The molecule has 0 heterocycles. The lowest BCUT2D eigenvalue weighted by atomic mass is 10.2. The van der Waals surface area contributed by atoms with Crippen molar-refractivity contribution in [3.05, 3.63) is 34.3 Å². The van der Waals surface area contributed by atoms with Crippen molar-refractivity contribution in [2.75, 3.05) is 26.2 Å². The lowest BCUT2D eigenvalue weighted by molar-refractivity contribution is 0.0954. The van der Waals surface area contributed by atoms with Gasteiger partial charge in [0.15, 0.2) is 5.96 Å². The second-order valence-corrected chi connectivity index (χ2v) is 5.72. The van der Waals surface area contributed by atoms with Gasteiger partial charge in [-0.05, 0) is 31.5 Å². The third-order valence-corrected chi connectivity index (χ3v) is 3.41. The zero-order chi connectivity index (χ0) is 16.2. The molecule has 0 aliphatic rings. The van der Waals surface area contributed by atoms with Crippen molar-refractivity contribution in [3.63, 3.8) is 0 Å². The van der Waals surface area contributed by atoms with Gasteiger partial charge in [0.05, 0.1) is 0 Å². The fourth-order valence-electron chi connectivity index (χ4n) is 1.78. The highest BCUT2D eigenvalue weighted by Crippen LogP contribution is 2.11. The standard InChI is InChI=1S/C16H25BrN4O/c1-3-5-9-20-16(18-4-2)21-11-10-19-15(22)13-7-6-8-14(17)12-13/h6-8,12H,3-5,9-11H2,1-2H3,(H,19,22)(H2,18,20,21). The van der Waals surface area contributed by atoms with Gasteiger partial charge in [-0.25, -0.2) is 0 Å². The van der Waals surface area contributed by atoms with Crippen LogP contribution in [0.4, 0.5) is 0 Å². The Bertz CT molecular complexity index is 491. The Morgan fingerprint density at radius 2 is 1.95 bits per heavy atom. The quantitative estimate of drug-likeness (QED) is 0.375. The minimum absolute atomic E-state index is 0.0731. The Kier molecular flexibility index (Phi) is 9.30. The van der Waals surface area contributed by atoms with Crippen molar-refractivity contribution < 1.29 is 4.79 Å². The Morgan fingerprint density at radius 3 is 2.64 bits per heavy atom. The van der Waals surface area contributed by atoms with Gasteiger partial charge in [-0.15, -0.1) is 0 Å². The third-order valence-electron chi connectivity index (χ3n) is 2.92. The molecule has 0 atom stereocenters. The van der Waals surface area contributed by atoms with Crippen molar-refractivity contribution in [1.29, 1.82) is 0 Å². The van der Waals surface area contributed by atoms with Crippen LogP contribution in [0.3, 0.4) is 0 Å². The van der Waals surface area contributed by atoms with Gasteiger partial charge in [-0.2, -0.15) is 0 Å². The van der Waals surface area contributed by atoms with E-state index in [0.29, 0.717) is 18.7 Å². The van der Waals surface area contributed by atoms with Gasteiger partial charge in [-0.3, -0.25) is 9.79 Å². The molecule has 0 radical (unpaired) electrons. The summed E-state index contributed by atoms with van der Waals surface area (Å²) in [5.41, 5.74) is 0.651. The third kappa shape index (κ3) is 7.45. The second-order valence-electron chi connectivity index (χ2n) is 4.81. The average molecular weight is 369 g/mol. The maximum atomic E-state index is 12.0. The van der Waals surface area contributed by atoms with Crippen LogP contribution >= 0.6 is 15.9 Å². The summed E-state index contributed by atoms with van der Waals surface area (Å²) in [4.78, 5) is 16.4. The molecular weight excluding hydrogens is 344 g/mol. The smallest absolute Gasteiger partial charge is 0.251 e. The molecule has 22 heavy (non-hydrogen) atoms. The summed E-state index contributed by atoms with van der Waals surface area (Å²) in [7, 11) is 0. The van der Waals surface area contributed by atoms with Crippen molar-refractivity contribution in [2.24, 2.45) is 4.99 Å². The van der Waals surface area contributed by atoms with E-state index in [9.17, 15) is 4.79 Å². The molecule has 0 saturated carbocycles. The number of amides is 1. The first-order valence-electron chi connectivity index (χ1n) is 7.73. The largest absolute Gasteiger partial charge is 0.357 e. The average Bonchev–Trinajstić information content (AvgIpc) is 2.51. The minimum atomic E-state index is -0.0731. The molecule has 1 aromatic carbocycles. The molecule has 3 N–H and O–H groups in total. The molecule has 0 spiro atoms. The molecular formula is C16H25BrN4O. The highest BCUT2D eigenvalue weighted by atomic mass is 79.9. The van der Waals surface area contributed by atoms with Crippen LogP contribution in [0.2, 0.25) is 0 Å². The SMILES string of the molecule is CCCCN=C(NCC)NCCNC(=O)c1cccc(Br)c1. The molecule has 0 aliphatic carbocycles. The monoisotopic (exact) mass is 368 g/mol. The topological polar surface area (TPSA) is 65.5 Å². The van der Waals surface area contributed by atoms with Crippen molar-refractivity contribution in [1.82, 2.24) is 16.0 Å². The molecule has 0 bridgehead atoms. The fourth-order valence-corrected chi connectivity index (χ4v) is 2.18. The zero-order valence-corrected chi connectivity index (χ0v) is 14.9. The van der Waals surface area contributed by atoms with Gasteiger partial charge in [0.2, 0.25) is 0 Å². The Morgan fingerprint density at radius 1 is 1.18 bits per heavy atom. The molecule has 1 amide bonds. The Labute approximate surface area is 141 Å². The number of carbonyl (C=O) groups is 1. The number of halogens is 1. The van der Waals surface area contributed by atoms with Gasteiger partial charge < -0.3 is 16.0 Å². The summed E-state index contributed by atoms with van der Waals surface area (Å²) in [6.45, 7) is 7.00. The van der Waals surface area contributed by atoms with Crippen LogP contribution < -0.4 is 16.0 Å². The van der Waals surface area contributed by atoms with Crippen LogP contribution in [0.5, 0.6) is 0 Å². The van der Waals surface area contributed by atoms with E-state index in [1.807, 2.05) is 19.1 Å². The summed E-state index contributed by atoms with van der Waals surface area (Å²) in [6.07, 6.45) is 2.21. The maximum Gasteiger partial charge on any atom is 0.251 e. The highest BCUT2D eigenvalue weighted by Gasteiger charge is 2.04. The fraction of sp³-hybridized carbons (Fsp3) is 0.500. The van der Waals surface area contributed by atoms with Crippen molar-refractivity contribution >= 4 is 27.8 Å². The van der Waals surface area contributed by atoms with Crippen molar-refractivity contribution in [2.45, 2.75) is 26.7 Å². The van der Waals surface area contributed by atoms with Crippen LogP contribution in [0.1, 0.15) is 37.0 Å². The van der Waals surface area contributed by atoms with Crippen LogP contribution in [-0.4, -0.2) is 38.0 Å². The van der Waals surface area contributed by atoms with Crippen LogP contribution in [0.25, 0.3) is 0 Å². The highest BCUT2D eigenvalue weighted by molar-refractivity contribution is 9.10. The number of nitrogens with one attached hydrogen (secondary N) is 3. The first-order chi connectivity index (χ1) is 10.7. The number of rotatable bonds is 8. The molecule has 0 fully saturated rings. The predicted octanol–water partition coefficient (Wildman–Crippen LogP) is 2.53.